The third-order valence-corrected chi connectivity index (χ3v) is 9.49. The van der Waals surface area contributed by atoms with E-state index in [1.54, 1.807) is 0 Å². The molecule has 0 fully saturated rings. The van der Waals surface area contributed by atoms with Crippen molar-refractivity contribution in [3.05, 3.63) is 138 Å². The standard InChI is InChI=1S/C41H27N3/c1-2-10-26(11-3-1)28-19-22-37-34(24-28)32-21-18-27-12-4-5-13-30(27)40(32)43(37)29-20-23-38-35(25-29)31-14-6-7-15-33(31)41-42-36-16-8-9-17-39(36)44(38)41/h1-3,6-25H,4-5H2. The van der Waals surface area contributed by atoms with Gasteiger partial charge in [-0.3, -0.25) is 4.40 Å². The summed E-state index contributed by atoms with van der Waals surface area (Å²) in [6.07, 6.45) is 6.98. The third kappa shape index (κ3) is 3.24. The number of fused-ring (bicyclic) bond motifs is 13. The Labute approximate surface area is 253 Å². The first-order valence-electron chi connectivity index (χ1n) is 15.4. The Morgan fingerprint density at radius 3 is 2.20 bits per heavy atom. The molecule has 0 saturated heterocycles. The topological polar surface area (TPSA) is 22.2 Å². The maximum atomic E-state index is 5.08. The van der Waals surface area contributed by atoms with E-state index in [0.717, 1.165) is 29.5 Å². The minimum absolute atomic E-state index is 1.01. The van der Waals surface area contributed by atoms with E-state index in [4.69, 9.17) is 4.98 Å². The van der Waals surface area contributed by atoms with Crippen molar-refractivity contribution in [3.8, 4) is 16.8 Å². The van der Waals surface area contributed by atoms with Gasteiger partial charge < -0.3 is 4.57 Å². The van der Waals surface area contributed by atoms with Gasteiger partial charge in [0.25, 0.3) is 0 Å². The van der Waals surface area contributed by atoms with E-state index >= 15 is 0 Å². The minimum atomic E-state index is 1.01. The summed E-state index contributed by atoms with van der Waals surface area (Å²) in [5.74, 6) is 0. The van der Waals surface area contributed by atoms with Gasteiger partial charge in [-0.05, 0) is 77.0 Å². The van der Waals surface area contributed by atoms with E-state index in [0.29, 0.717) is 0 Å². The zero-order valence-electron chi connectivity index (χ0n) is 24.0. The van der Waals surface area contributed by atoms with Gasteiger partial charge in [-0.25, -0.2) is 4.98 Å². The number of benzene rings is 6. The highest BCUT2D eigenvalue weighted by atomic mass is 15.0. The summed E-state index contributed by atoms with van der Waals surface area (Å²) in [5, 5.41) is 8.86. The number of aromatic nitrogens is 3. The highest BCUT2D eigenvalue weighted by Crippen LogP contribution is 2.37. The first-order chi connectivity index (χ1) is 21.8. The fourth-order valence-electron chi connectivity index (χ4n) is 7.52. The van der Waals surface area contributed by atoms with Crippen molar-refractivity contribution < 1.29 is 0 Å². The highest BCUT2D eigenvalue weighted by molar-refractivity contribution is 6.15. The fraction of sp³-hybridized carbons (Fsp3) is 0.0488. The van der Waals surface area contributed by atoms with Crippen LogP contribution in [0.2, 0.25) is 0 Å². The molecule has 44 heavy (non-hydrogen) atoms. The van der Waals surface area contributed by atoms with Crippen molar-refractivity contribution in [2.75, 3.05) is 0 Å². The lowest BCUT2D eigenvalue weighted by atomic mass is 10.0. The first kappa shape index (κ1) is 23.8. The molecule has 0 aliphatic heterocycles. The quantitative estimate of drug-likeness (QED) is 0.193. The van der Waals surface area contributed by atoms with Crippen molar-refractivity contribution in [1.82, 2.24) is 14.0 Å². The van der Waals surface area contributed by atoms with Crippen LogP contribution in [0.25, 0.3) is 89.1 Å². The van der Waals surface area contributed by atoms with E-state index in [9.17, 15) is 0 Å². The third-order valence-electron chi connectivity index (χ3n) is 9.49. The molecule has 0 amide bonds. The Balaban J connectivity index is 1.35. The second kappa shape index (κ2) is 8.92. The Morgan fingerprint density at radius 1 is 0.500 bits per heavy atom. The maximum absolute atomic E-state index is 5.08. The zero-order chi connectivity index (χ0) is 28.8. The molecule has 1 aliphatic rings. The molecule has 3 nitrogen and oxygen atoms in total. The lowest BCUT2D eigenvalue weighted by molar-refractivity contribution is 1.11. The summed E-state index contributed by atoms with van der Waals surface area (Å²) in [5.41, 5.74) is 10.5. The van der Waals surface area contributed by atoms with Gasteiger partial charge in [-0.15, -0.1) is 0 Å². The number of hydrogen-bond acceptors (Lipinski definition) is 1. The Kier molecular flexibility index (Phi) is 4.83. The van der Waals surface area contributed by atoms with Gasteiger partial charge in [0, 0.05) is 32.5 Å². The lowest BCUT2D eigenvalue weighted by Gasteiger charge is -2.14. The summed E-state index contributed by atoms with van der Waals surface area (Å²) in [7, 11) is 0. The minimum Gasteiger partial charge on any atom is -0.309 e. The Morgan fingerprint density at radius 2 is 1.27 bits per heavy atom. The second-order valence-electron chi connectivity index (χ2n) is 11.9. The van der Waals surface area contributed by atoms with Crippen LogP contribution in [-0.4, -0.2) is 14.0 Å². The summed E-state index contributed by atoms with van der Waals surface area (Å²) >= 11 is 0. The Bertz CT molecular complexity index is 2760. The zero-order valence-corrected chi connectivity index (χ0v) is 24.0. The van der Waals surface area contributed by atoms with Gasteiger partial charge in [0.05, 0.1) is 27.6 Å². The smallest absolute Gasteiger partial charge is 0.146 e. The number of rotatable bonds is 2. The molecular formula is C41H27N3. The molecule has 0 unspecified atom stereocenters. The maximum Gasteiger partial charge on any atom is 0.146 e. The van der Waals surface area contributed by atoms with Crippen LogP contribution in [0.3, 0.4) is 0 Å². The molecule has 10 rings (SSSR count). The number of imidazole rings is 1. The molecule has 0 N–H and O–H groups in total. The van der Waals surface area contributed by atoms with Crippen LogP contribution in [0.5, 0.6) is 0 Å². The van der Waals surface area contributed by atoms with Crippen molar-refractivity contribution in [2.45, 2.75) is 12.8 Å². The van der Waals surface area contributed by atoms with Gasteiger partial charge in [0.1, 0.15) is 5.65 Å². The van der Waals surface area contributed by atoms with Gasteiger partial charge in [-0.1, -0.05) is 97.1 Å². The van der Waals surface area contributed by atoms with E-state index in [2.05, 4.69) is 149 Å². The predicted octanol–water partition coefficient (Wildman–Crippen LogP) is 8.91. The number of nitrogens with zero attached hydrogens (tertiary/aromatic N) is 3. The molecule has 6 aromatic carbocycles. The largest absolute Gasteiger partial charge is 0.309 e. The summed E-state index contributed by atoms with van der Waals surface area (Å²) in [6.45, 7) is 0. The average molecular weight is 562 g/mol. The van der Waals surface area contributed by atoms with Gasteiger partial charge in [0.15, 0.2) is 0 Å². The molecule has 1 aliphatic carbocycles. The number of pyridine rings is 1. The highest BCUT2D eigenvalue weighted by Gasteiger charge is 2.18. The number of para-hydroxylation sites is 2. The normalized spacial score (nSPS) is 13.2. The van der Waals surface area contributed by atoms with Crippen molar-refractivity contribution in [3.63, 3.8) is 0 Å². The van der Waals surface area contributed by atoms with Gasteiger partial charge in [-0.2, -0.15) is 0 Å². The molecular weight excluding hydrogens is 534 g/mol. The molecule has 3 aromatic heterocycles. The van der Waals surface area contributed by atoms with Crippen LogP contribution < -0.4 is 10.4 Å². The Hall–Kier alpha value is -5.67. The lowest BCUT2D eigenvalue weighted by Crippen LogP contribution is -2.28. The first-order valence-corrected chi connectivity index (χ1v) is 15.4. The van der Waals surface area contributed by atoms with Gasteiger partial charge in [0.2, 0.25) is 0 Å². The van der Waals surface area contributed by atoms with Crippen LogP contribution in [0, 0.1) is 0 Å². The van der Waals surface area contributed by atoms with Crippen LogP contribution in [0.4, 0.5) is 0 Å². The molecule has 0 bridgehead atoms. The van der Waals surface area contributed by atoms with Crippen molar-refractivity contribution >= 4 is 72.3 Å². The van der Waals surface area contributed by atoms with Crippen LogP contribution >= 0.6 is 0 Å². The molecule has 0 saturated carbocycles. The predicted molar refractivity (Wildman–Crippen MR) is 185 cm³/mol. The average Bonchev–Trinajstić information content (AvgIpc) is 3.65. The second-order valence-corrected chi connectivity index (χ2v) is 11.9. The molecule has 0 atom stereocenters. The summed E-state index contributed by atoms with van der Waals surface area (Å²) in [6, 6.07) is 46.4. The van der Waals surface area contributed by atoms with E-state index in [1.807, 2.05) is 0 Å². The SMILES string of the molecule is C1=c2ccc3c4cc(-c5ccccc5)ccc4n(-c4ccc5c(c4)c4ccccc4c4nc6ccccc6n54)c3c2=CCC1. The van der Waals surface area contributed by atoms with Gasteiger partial charge >= 0.3 is 0 Å². The van der Waals surface area contributed by atoms with E-state index in [1.165, 1.54) is 70.7 Å². The molecule has 3 heterocycles. The van der Waals surface area contributed by atoms with Crippen LogP contribution in [-0.2, 0) is 0 Å². The molecule has 206 valence electrons. The molecule has 9 aromatic rings. The fourth-order valence-corrected chi connectivity index (χ4v) is 7.52. The summed E-state index contributed by atoms with van der Waals surface area (Å²) in [4.78, 5) is 5.08. The monoisotopic (exact) mass is 561 g/mol. The van der Waals surface area contributed by atoms with Crippen molar-refractivity contribution in [1.29, 1.82) is 0 Å². The molecule has 3 heteroatoms. The van der Waals surface area contributed by atoms with E-state index in [-0.39, 0.29) is 0 Å². The van der Waals surface area contributed by atoms with Crippen LogP contribution in [0.15, 0.2) is 127 Å². The van der Waals surface area contributed by atoms with E-state index < -0.39 is 0 Å². The summed E-state index contributed by atoms with van der Waals surface area (Å²) < 4.78 is 4.83. The molecule has 0 radical (unpaired) electrons. The van der Waals surface area contributed by atoms with Crippen molar-refractivity contribution in [2.24, 2.45) is 0 Å². The molecule has 0 spiro atoms. The van der Waals surface area contributed by atoms with Crippen LogP contribution in [0.1, 0.15) is 12.8 Å². The number of hydrogen-bond donors (Lipinski definition) is 0.